The number of nitrogens with zero attached hydrogens (tertiary/aromatic N) is 2. The van der Waals surface area contributed by atoms with Gasteiger partial charge in [-0.1, -0.05) is 0 Å². The number of rotatable bonds is 3. The minimum Gasteiger partial charge on any atom is -0.744 e. The fourth-order valence-corrected chi connectivity index (χ4v) is 1.60. The summed E-state index contributed by atoms with van der Waals surface area (Å²) >= 11 is 0. The molecule has 9 nitrogen and oxygen atoms in total. The fourth-order valence-electron chi connectivity index (χ4n) is 0.973. The van der Waals surface area contributed by atoms with Crippen LogP contribution in [0.15, 0.2) is 23.1 Å². The molecular weight excluding hydrogens is 244 g/mol. The lowest BCUT2D eigenvalue weighted by molar-refractivity contribution is -0.396. The molecule has 16 heavy (non-hydrogen) atoms. The fraction of sp³-hybridized carbons (Fsp3) is 0. The SMILES string of the molecule is O=[N+]([O-])c1ccc(S(=O)(=O)[O-])c([N+](=O)[O-])c1. The van der Waals surface area contributed by atoms with Gasteiger partial charge in [0.15, 0.2) is 0 Å². The van der Waals surface area contributed by atoms with Crippen molar-refractivity contribution in [1.82, 2.24) is 0 Å². The number of nitro groups is 2. The van der Waals surface area contributed by atoms with Crippen molar-refractivity contribution in [2.75, 3.05) is 0 Å². The quantitative estimate of drug-likeness (QED) is 0.427. The van der Waals surface area contributed by atoms with Crippen molar-refractivity contribution in [1.29, 1.82) is 0 Å². The van der Waals surface area contributed by atoms with E-state index >= 15 is 0 Å². The van der Waals surface area contributed by atoms with Crippen LogP contribution in [0.2, 0.25) is 0 Å². The highest BCUT2D eigenvalue weighted by Crippen LogP contribution is 2.27. The van der Waals surface area contributed by atoms with Gasteiger partial charge in [0.05, 0.1) is 15.9 Å². The van der Waals surface area contributed by atoms with Gasteiger partial charge in [0.25, 0.3) is 11.4 Å². The van der Waals surface area contributed by atoms with Gasteiger partial charge in [0.1, 0.15) is 15.0 Å². The Hall–Kier alpha value is -2.07. The van der Waals surface area contributed by atoms with Gasteiger partial charge in [-0.3, -0.25) is 20.2 Å². The van der Waals surface area contributed by atoms with Gasteiger partial charge in [-0.25, -0.2) is 8.42 Å². The highest BCUT2D eigenvalue weighted by atomic mass is 32.2. The normalized spacial score (nSPS) is 11.1. The largest absolute Gasteiger partial charge is 0.744 e. The number of nitro benzene ring substituents is 2. The lowest BCUT2D eigenvalue weighted by Crippen LogP contribution is -2.04. The zero-order chi connectivity index (χ0) is 12.5. The van der Waals surface area contributed by atoms with Gasteiger partial charge in [-0.2, -0.15) is 0 Å². The predicted molar refractivity (Wildman–Crippen MR) is 47.7 cm³/mol. The molecule has 0 saturated heterocycles. The highest BCUT2D eigenvalue weighted by molar-refractivity contribution is 7.85. The van der Waals surface area contributed by atoms with Crippen molar-refractivity contribution < 1.29 is 22.8 Å². The smallest absolute Gasteiger partial charge is 0.293 e. The minimum absolute atomic E-state index is 0.421. The Bertz CT molecular complexity index is 564. The van der Waals surface area contributed by atoms with Crippen LogP contribution in [0.5, 0.6) is 0 Å². The molecule has 86 valence electrons. The number of hydrogen-bond acceptors (Lipinski definition) is 7. The molecule has 0 amide bonds. The first-order valence-corrected chi connectivity index (χ1v) is 5.03. The van der Waals surface area contributed by atoms with Crippen molar-refractivity contribution >= 4 is 21.5 Å². The van der Waals surface area contributed by atoms with E-state index in [1.165, 1.54) is 0 Å². The lowest BCUT2D eigenvalue weighted by atomic mass is 10.3. The summed E-state index contributed by atoms with van der Waals surface area (Å²) < 4.78 is 31.8. The first-order chi connectivity index (χ1) is 7.23. The van der Waals surface area contributed by atoms with Gasteiger partial charge in [0.2, 0.25) is 0 Å². The third-order valence-electron chi connectivity index (χ3n) is 1.62. The molecule has 0 bridgehead atoms. The lowest BCUT2D eigenvalue weighted by Gasteiger charge is -2.06. The average molecular weight is 247 g/mol. The second-order valence-corrected chi connectivity index (χ2v) is 3.97. The van der Waals surface area contributed by atoms with Crippen LogP contribution >= 0.6 is 0 Å². The van der Waals surface area contributed by atoms with Crippen LogP contribution < -0.4 is 0 Å². The zero-order valence-electron chi connectivity index (χ0n) is 7.39. The monoisotopic (exact) mass is 247 g/mol. The molecule has 0 heterocycles. The molecular formula is C6H3N2O7S-. The van der Waals surface area contributed by atoms with Gasteiger partial charge >= 0.3 is 0 Å². The van der Waals surface area contributed by atoms with Crippen LogP contribution in [0, 0.1) is 20.2 Å². The molecule has 0 unspecified atom stereocenters. The standard InChI is InChI=1S/C6H4N2O7S/c9-7(10)4-1-2-6(16(13,14)15)5(3-4)8(11)12/h1-3H,(H,13,14,15)/p-1. The van der Waals surface area contributed by atoms with E-state index in [0.717, 1.165) is 0 Å². The molecule has 0 aromatic heterocycles. The van der Waals surface area contributed by atoms with Crippen LogP contribution in [0.1, 0.15) is 0 Å². The number of benzene rings is 1. The Balaban J connectivity index is 3.55. The Kier molecular flexibility index (Phi) is 2.87. The second-order valence-electron chi connectivity index (χ2n) is 2.62. The summed E-state index contributed by atoms with van der Waals surface area (Å²) in [6, 6.07) is 1.67. The molecule has 0 atom stereocenters. The van der Waals surface area contributed by atoms with Gasteiger partial charge in [0, 0.05) is 6.07 Å². The molecule has 0 radical (unpaired) electrons. The summed E-state index contributed by atoms with van der Waals surface area (Å²) in [5.74, 6) is 0. The van der Waals surface area contributed by atoms with E-state index in [0.29, 0.717) is 18.2 Å². The summed E-state index contributed by atoms with van der Waals surface area (Å²) in [6.07, 6.45) is 0. The van der Waals surface area contributed by atoms with E-state index in [1.807, 2.05) is 0 Å². The maximum absolute atomic E-state index is 10.6. The Morgan fingerprint density at radius 2 is 1.62 bits per heavy atom. The first kappa shape index (κ1) is 12.0. The molecule has 0 N–H and O–H groups in total. The van der Waals surface area contributed by atoms with Crippen molar-refractivity contribution in [3.63, 3.8) is 0 Å². The van der Waals surface area contributed by atoms with Crippen LogP contribution in [0.25, 0.3) is 0 Å². The van der Waals surface area contributed by atoms with Crippen molar-refractivity contribution in [3.8, 4) is 0 Å². The average Bonchev–Trinajstić information content (AvgIpc) is 2.15. The number of hydrogen-bond donors (Lipinski definition) is 0. The predicted octanol–water partition coefficient (Wildman–Crippen LogP) is 0.407. The van der Waals surface area contributed by atoms with Crippen LogP contribution in [0.4, 0.5) is 11.4 Å². The van der Waals surface area contributed by atoms with Gasteiger partial charge in [-0.15, -0.1) is 0 Å². The molecule has 1 aromatic rings. The highest BCUT2D eigenvalue weighted by Gasteiger charge is 2.22. The van der Waals surface area contributed by atoms with E-state index in [2.05, 4.69) is 0 Å². The van der Waals surface area contributed by atoms with Crippen molar-refractivity contribution in [2.24, 2.45) is 0 Å². The molecule has 1 aromatic carbocycles. The van der Waals surface area contributed by atoms with E-state index in [4.69, 9.17) is 0 Å². The molecule has 0 aliphatic carbocycles. The van der Waals surface area contributed by atoms with Crippen LogP contribution in [0.3, 0.4) is 0 Å². The molecule has 0 spiro atoms. The third-order valence-corrected chi connectivity index (χ3v) is 2.50. The van der Waals surface area contributed by atoms with Gasteiger partial charge in [-0.05, 0) is 6.07 Å². The summed E-state index contributed by atoms with van der Waals surface area (Å²) in [5.41, 5.74) is -1.77. The Morgan fingerprint density at radius 1 is 1.06 bits per heavy atom. The molecule has 0 aliphatic heterocycles. The zero-order valence-corrected chi connectivity index (χ0v) is 8.21. The third kappa shape index (κ3) is 2.29. The molecule has 10 heteroatoms. The van der Waals surface area contributed by atoms with Gasteiger partial charge < -0.3 is 4.55 Å². The van der Waals surface area contributed by atoms with E-state index in [-0.39, 0.29) is 0 Å². The molecule has 0 aliphatic rings. The summed E-state index contributed by atoms with van der Waals surface area (Å²) in [5, 5.41) is 20.7. The summed E-state index contributed by atoms with van der Waals surface area (Å²) in [7, 11) is -5.04. The van der Waals surface area contributed by atoms with E-state index in [9.17, 15) is 33.2 Å². The first-order valence-electron chi connectivity index (χ1n) is 3.62. The van der Waals surface area contributed by atoms with E-state index in [1.54, 1.807) is 0 Å². The topological polar surface area (TPSA) is 143 Å². The van der Waals surface area contributed by atoms with Crippen molar-refractivity contribution in [3.05, 3.63) is 38.4 Å². The maximum atomic E-state index is 10.6. The van der Waals surface area contributed by atoms with Crippen LogP contribution in [-0.4, -0.2) is 22.8 Å². The maximum Gasteiger partial charge on any atom is 0.293 e. The molecule has 0 fully saturated rings. The van der Waals surface area contributed by atoms with Crippen LogP contribution in [-0.2, 0) is 10.1 Å². The summed E-state index contributed by atoms with van der Waals surface area (Å²) in [4.78, 5) is 17.5. The van der Waals surface area contributed by atoms with E-state index < -0.39 is 36.2 Å². The summed E-state index contributed by atoms with van der Waals surface area (Å²) in [6.45, 7) is 0. The molecule has 0 saturated carbocycles. The number of non-ortho nitro benzene ring substituents is 1. The second kappa shape index (κ2) is 3.83. The minimum atomic E-state index is -5.04. The Morgan fingerprint density at radius 3 is 2.00 bits per heavy atom. The Labute approximate surface area is 88.4 Å². The van der Waals surface area contributed by atoms with Crippen molar-refractivity contribution in [2.45, 2.75) is 4.90 Å². The molecule has 1 rings (SSSR count).